The molecule has 0 aliphatic rings. The van der Waals surface area contributed by atoms with E-state index in [0.29, 0.717) is 23.8 Å². The smallest absolute Gasteiger partial charge is 0.255 e. The number of nitrogens with one attached hydrogen (secondary N) is 1. The highest BCUT2D eigenvalue weighted by molar-refractivity contribution is 5.39. The SMILES string of the molecule is COc1ccc(CN(C)c2nc(C(C)c3c(F)cccc3F)c(C)c(=O)[nH]2)cc1. The number of halogens is 2. The number of hydrogen-bond donors (Lipinski definition) is 1. The third-order valence-electron chi connectivity index (χ3n) is 4.96. The van der Waals surface area contributed by atoms with Crippen LogP contribution in [0.2, 0.25) is 0 Å². The van der Waals surface area contributed by atoms with Crippen LogP contribution in [0.25, 0.3) is 0 Å². The third kappa shape index (κ3) is 4.29. The molecule has 0 radical (unpaired) electrons. The van der Waals surface area contributed by atoms with E-state index in [2.05, 4.69) is 9.97 Å². The Hall–Kier alpha value is -3.22. The molecule has 1 unspecified atom stereocenters. The van der Waals surface area contributed by atoms with Crippen LogP contribution in [0.3, 0.4) is 0 Å². The maximum atomic E-state index is 14.3. The number of methoxy groups -OCH3 is 1. The molecule has 0 aliphatic heterocycles. The quantitative estimate of drug-likeness (QED) is 0.676. The number of ether oxygens (including phenoxy) is 1. The molecule has 3 aromatic rings. The average molecular weight is 399 g/mol. The molecule has 1 heterocycles. The van der Waals surface area contributed by atoms with Gasteiger partial charge < -0.3 is 9.64 Å². The zero-order chi connectivity index (χ0) is 21.1. The molecule has 0 aliphatic carbocycles. The number of anilines is 1. The van der Waals surface area contributed by atoms with E-state index in [4.69, 9.17) is 4.74 Å². The van der Waals surface area contributed by atoms with Crippen molar-refractivity contribution in [2.45, 2.75) is 26.3 Å². The molecule has 5 nitrogen and oxygen atoms in total. The van der Waals surface area contributed by atoms with Gasteiger partial charge in [-0.1, -0.05) is 25.1 Å². The Bertz CT molecular complexity index is 1040. The van der Waals surface area contributed by atoms with Crippen LogP contribution in [0.15, 0.2) is 47.3 Å². The van der Waals surface area contributed by atoms with Gasteiger partial charge >= 0.3 is 0 Å². The van der Waals surface area contributed by atoms with Crippen LogP contribution in [-0.2, 0) is 6.54 Å². The lowest BCUT2D eigenvalue weighted by molar-refractivity contribution is 0.414. The Morgan fingerprint density at radius 2 is 1.76 bits per heavy atom. The summed E-state index contributed by atoms with van der Waals surface area (Å²) >= 11 is 0. The van der Waals surface area contributed by atoms with E-state index >= 15 is 0 Å². The Kier molecular flexibility index (Phi) is 5.96. The molecular formula is C22H23F2N3O2. The molecule has 0 spiro atoms. The van der Waals surface area contributed by atoms with E-state index < -0.39 is 17.6 Å². The van der Waals surface area contributed by atoms with Gasteiger partial charge in [0.2, 0.25) is 5.95 Å². The maximum Gasteiger partial charge on any atom is 0.255 e. The summed E-state index contributed by atoms with van der Waals surface area (Å²) in [6.07, 6.45) is 0. The van der Waals surface area contributed by atoms with Crippen molar-refractivity contribution in [3.05, 3.63) is 86.8 Å². The van der Waals surface area contributed by atoms with E-state index in [1.54, 1.807) is 32.9 Å². The normalized spacial score (nSPS) is 11.9. The van der Waals surface area contributed by atoms with Gasteiger partial charge in [0.15, 0.2) is 0 Å². The summed E-state index contributed by atoms with van der Waals surface area (Å²) < 4.78 is 33.7. The van der Waals surface area contributed by atoms with E-state index in [1.807, 2.05) is 24.3 Å². The van der Waals surface area contributed by atoms with Gasteiger partial charge in [-0.05, 0) is 36.8 Å². The second-order valence-corrected chi connectivity index (χ2v) is 6.96. The first kappa shape index (κ1) is 20.5. The predicted octanol–water partition coefficient (Wildman–Crippen LogP) is 4.15. The number of H-pyrrole nitrogens is 1. The molecule has 3 rings (SSSR count). The zero-order valence-corrected chi connectivity index (χ0v) is 16.8. The number of aromatic nitrogens is 2. The Labute approximate surface area is 168 Å². The molecule has 0 saturated heterocycles. The predicted molar refractivity (Wildman–Crippen MR) is 109 cm³/mol. The molecule has 2 aromatic carbocycles. The van der Waals surface area contributed by atoms with Gasteiger partial charge in [-0.3, -0.25) is 9.78 Å². The first-order chi connectivity index (χ1) is 13.8. The van der Waals surface area contributed by atoms with Crippen molar-refractivity contribution in [3.8, 4) is 5.75 Å². The number of nitrogens with zero attached hydrogens (tertiary/aromatic N) is 2. The minimum Gasteiger partial charge on any atom is -0.497 e. The third-order valence-corrected chi connectivity index (χ3v) is 4.96. The van der Waals surface area contributed by atoms with Crippen LogP contribution in [0, 0.1) is 18.6 Å². The number of benzene rings is 2. The van der Waals surface area contributed by atoms with E-state index in [1.165, 1.54) is 18.2 Å². The summed E-state index contributed by atoms with van der Waals surface area (Å²) in [6, 6.07) is 11.3. The number of hydrogen-bond acceptors (Lipinski definition) is 4. The van der Waals surface area contributed by atoms with Gasteiger partial charge in [0.1, 0.15) is 17.4 Å². The fourth-order valence-corrected chi connectivity index (χ4v) is 3.28. The summed E-state index contributed by atoms with van der Waals surface area (Å²) in [4.78, 5) is 21.5. The van der Waals surface area contributed by atoms with Crippen LogP contribution in [0.4, 0.5) is 14.7 Å². The first-order valence-corrected chi connectivity index (χ1v) is 9.20. The molecular weight excluding hydrogens is 376 g/mol. The first-order valence-electron chi connectivity index (χ1n) is 9.20. The number of rotatable bonds is 6. The minimum absolute atomic E-state index is 0.0996. The topological polar surface area (TPSA) is 58.2 Å². The van der Waals surface area contributed by atoms with Gasteiger partial charge in [-0.25, -0.2) is 13.8 Å². The fourth-order valence-electron chi connectivity index (χ4n) is 3.28. The van der Waals surface area contributed by atoms with E-state index in [9.17, 15) is 13.6 Å². The molecule has 29 heavy (non-hydrogen) atoms. The number of aromatic amines is 1. The van der Waals surface area contributed by atoms with Crippen LogP contribution in [0.1, 0.15) is 35.2 Å². The highest BCUT2D eigenvalue weighted by atomic mass is 19.1. The van der Waals surface area contributed by atoms with Crippen molar-refractivity contribution in [3.63, 3.8) is 0 Å². The highest BCUT2D eigenvalue weighted by Gasteiger charge is 2.23. The monoisotopic (exact) mass is 399 g/mol. The van der Waals surface area contributed by atoms with Crippen LogP contribution in [-0.4, -0.2) is 24.1 Å². The minimum atomic E-state index is -0.716. The van der Waals surface area contributed by atoms with E-state index in [0.717, 1.165) is 11.3 Å². The molecule has 0 bridgehead atoms. The molecule has 0 amide bonds. The van der Waals surface area contributed by atoms with Crippen LogP contribution in [0.5, 0.6) is 5.75 Å². The lowest BCUT2D eigenvalue weighted by atomic mass is 9.94. The molecule has 152 valence electrons. The second-order valence-electron chi connectivity index (χ2n) is 6.96. The van der Waals surface area contributed by atoms with Crippen molar-refractivity contribution in [2.24, 2.45) is 0 Å². The van der Waals surface area contributed by atoms with Gasteiger partial charge in [0.25, 0.3) is 5.56 Å². The fraction of sp³-hybridized carbons (Fsp3) is 0.273. The van der Waals surface area contributed by atoms with Crippen LogP contribution >= 0.6 is 0 Å². The van der Waals surface area contributed by atoms with Crippen molar-refractivity contribution in [1.29, 1.82) is 0 Å². The Morgan fingerprint density at radius 3 is 2.34 bits per heavy atom. The second kappa shape index (κ2) is 8.43. The van der Waals surface area contributed by atoms with Gasteiger partial charge in [-0.15, -0.1) is 0 Å². The summed E-state index contributed by atoms with van der Waals surface area (Å²) in [5.41, 5.74) is 1.23. The zero-order valence-electron chi connectivity index (χ0n) is 16.8. The summed E-state index contributed by atoms with van der Waals surface area (Å²) in [5.74, 6) is -0.956. The maximum absolute atomic E-state index is 14.3. The van der Waals surface area contributed by atoms with Crippen molar-refractivity contribution < 1.29 is 13.5 Å². The van der Waals surface area contributed by atoms with Gasteiger partial charge in [-0.2, -0.15) is 0 Å². The molecule has 0 fully saturated rings. The summed E-state index contributed by atoms with van der Waals surface area (Å²) in [7, 11) is 3.39. The largest absolute Gasteiger partial charge is 0.497 e. The highest BCUT2D eigenvalue weighted by Crippen LogP contribution is 2.29. The lowest BCUT2D eigenvalue weighted by Crippen LogP contribution is -2.26. The Balaban J connectivity index is 1.95. The van der Waals surface area contributed by atoms with Crippen molar-refractivity contribution in [1.82, 2.24) is 9.97 Å². The van der Waals surface area contributed by atoms with Gasteiger partial charge in [0.05, 0.1) is 12.8 Å². The van der Waals surface area contributed by atoms with E-state index in [-0.39, 0.29) is 11.1 Å². The van der Waals surface area contributed by atoms with Crippen molar-refractivity contribution in [2.75, 3.05) is 19.1 Å². The molecule has 1 N–H and O–H groups in total. The van der Waals surface area contributed by atoms with Crippen LogP contribution < -0.4 is 15.2 Å². The van der Waals surface area contributed by atoms with Crippen molar-refractivity contribution >= 4 is 5.95 Å². The molecule has 1 atom stereocenters. The summed E-state index contributed by atoms with van der Waals surface area (Å²) in [6.45, 7) is 3.73. The molecule has 1 aromatic heterocycles. The van der Waals surface area contributed by atoms with Gasteiger partial charge in [0, 0.05) is 30.6 Å². The summed E-state index contributed by atoms with van der Waals surface area (Å²) in [5, 5.41) is 0. The lowest BCUT2D eigenvalue weighted by Gasteiger charge is -2.21. The molecule has 7 heteroatoms. The standard InChI is InChI=1S/C22H23F2N3O2/c1-13(19-17(23)6-5-7-18(19)24)20-14(2)21(28)26-22(25-20)27(3)12-15-8-10-16(29-4)11-9-15/h5-11,13H,12H2,1-4H3,(H,25,26,28). The Morgan fingerprint density at radius 1 is 1.14 bits per heavy atom. The molecule has 0 saturated carbocycles. The average Bonchev–Trinajstić information content (AvgIpc) is 2.70.